The van der Waals surface area contributed by atoms with Gasteiger partial charge in [0.15, 0.2) is 0 Å². The molecule has 1 aromatic carbocycles. The van der Waals surface area contributed by atoms with Gasteiger partial charge >= 0.3 is 0 Å². The van der Waals surface area contributed by atoms with E-state index in [1.165, 1.54) is 0 Å². The molecule has 54 valence electrons. The maximum absolute atomic E-state index is 6.25. The molecule has 2 N–H and O–H groups in total. The summed E-state index contributed by atoms with van der Waals surface area (Å²) < 4.78 is 1.13. The zero-order chi connectivity index (χ0) is 7.11. The molecule has 4 heteroatoms. The van der Waals surface area contributed by atoms with Crippen LogP contribution in [-0.2, 0) is 0 Å². The van der Waals surface area contributed by atoms with E-state index in [4.69, 9.17) is 10.8 Å². The van der Waals surface area contributed by atoms with Crippen LogP contribution in [0.5, 0.6) is 0 Å². The maximum atomic E-state index is 6.25. The summed E-state index contributed by atoms with van der Waals surface area (Å²) in [5, 5.41) is 11.0. The van der Waals surface area contributed by atoms with Crippen molar-refractivity contribution in [2.75, 3.05) is 0 Å². The molecule has 0 amide bonds. The highest BCUT2D eigenvalue weighted by atomic mass is 79.9. The average Bonchev–Trinajstić information content (AvgIpc) is 1.94. The van der Waals surface area contributed by atoms with E-state index in [1.807, 2.05) is 30.3 Å². The molecule has 0 aromatic heterocycles. The molecule has 0 bridgehead atoms. The SMILES string of the molecule is Brc1ccccc1.N#[NH+].[OH-]. The van der Waals surface area contributed by atoms with E-state index >= 15 is 0 Å². The molecule has 3 nitrogen and oxygen atoms in total. The van der Waals surface area contributed by atoms with Crippen molar-refractivity contribution in [3.05, 3.63) is 34.8 Å². The Labute approximate surface area is 67.5 Å². The fourth-order valence-corrected chi connectivity index (χ4v) is 0.720. The molecule has 0 aliphatic rings. The van der Waals surface area contributed by atoms with Crippen LogP contribution in [-0.4, -0.2) is 5.48 Å². The largest absolute Gasteiger partial charge is 0.870 e. The monoisotopic (exact) mass is 202 g/mol. The Kier molecular flexibility index (Phi) is 9.56. The van der Waals surface area contributed by atoms with Gasteiger partial charge in [-0.05, 0) is 12.1 Å². The highest BCUT2D eigenvalue weighted by Gasteiger charge is 1.74. The highest BCUT2D eigenvalue weighted by molar-refractivity contribution is 9.10. The molecule has 0 saturated heterocycles. The Morgan fingerprint density at radius 2 is 1.50 bits per heavy atom. The number of diazo groups is 1. The molecule has 0 fully saturated rings. The molecule has 0 unspecified atom stereocenters. The van der Waals surface area contributed by atoms with Crippen LogP contribution in [0, 0.1) is 5.39 Å². The lowest BCUT2D eigenvalue weighted by molar-refractivity contribution is -0.175. The van der Waals surface area contributed by atoms with Crippen molar-refractivity contribution in [1.29, 1.82) is 5.39 Å². The van der Waals surface area contributed by atoms with Gasteiger partial charge in [-0.2, -0.15) is 0 Å². The van der Waals surface area contributed by atoms with Gasteiger partial charge in [0.1, 0.15) is 0 Å². The fourth-order valence-electron chi connectivity index (χ4n) is 0.415. The molecule has 0 spiro atoms. The molecule has 0 radical (unpaired) electrons. The van der Waals surface area contributed by atoms with E-state index in [1.54, 1.807) is 0 Å². The fraction of sp³-hybridized carbons (Fsp3) is 0. The van der Waals surface area contributed by atoms with Gasteiger partial charge in [-0.3, -0.25) is 0 Å². The minimum Gasteiger partial charge on any atom is -0.870 e. The zero-order valence-corrected chi connectivity index (χ0v) is 6.75. The van der Waals surface area contributed by atoms with E-state index in [0.29, 0.717) is 0 Å². The minimum atomic E-state index is 0. The molecule has 1 aromatic rings. The smallest absolute Gasteiger partial charge is 0.212 e. The first-order valence-corrected chi connectivity index (χ1v) is 3.12. The standard InChI is InChI=1S/C6H5Br.N2.H2O/c7-6-4-2-1-3-5-6;1-2;/h1-5H;;1H2. The Hall–Kier alpha value is -0.920. The Morgan fingerprint density at radius 3 is 1.70 bits per heavy atom. The van der Waals surface area contributed by atoms with Crippen molar-refractivity contribution >= 4 is 15.9 Å². The molecular formula is C6H7BrN2O. The number of hydrogen-bond acceptors (Lipinski definition) is 2. The lowest BCUT2D eigenvalue weighted by atomic mass is 10.4. The third-order valence-electron chi connectivity index (χ3n) is 0.733. The van der Waals surface area contributed by atoms with E-state index in [2.05, 4.69) is 15.9 Å². The van der Waals surface area contributed by atoms with Crippen molar-refractivity contribution in [3.63, 3.8) is 0 Å². The average molecular weight is 203 g/mol. The molecule has 1 rings (SSSR count). The number of nitrogens with one attached hydrogen (secondary N) is 1. The summed E-state index contributed by atoms with van der Waals surface area (Å²) in [6.07, 6.45) is 0. The van der Waals surface area contributed by atoms with Gasteiger partial charge in [0.05, 0.1) is 5.39 Å². The summed E-state index contributed by atoms with van der Waals surface area (Å²) in [4.78, 5) is 0. The van der Waals surface area contributed by atoms with Crippen LogP contribution in [0.4, 0.5) is 0 Å². The number of halogens is 1. The quantitative estimate of drug-likeness (QED) is 0.625. The first-order valence-electron chi connectivity index (χ1n) is 2.32. The number of rotatable bonds is 0. The van der Waals surface area contributed by atoms with Crippen LogP contribution in [0.2, 0.25) is 0 Å². The summed E-state index contributed by atoms with van der Waals surface area (Å²) >= 11 is 3.31. The topological polar surface area (TPSA) is 77.6 Å². The van der Waals surface area contributed by atoms with Gasteiger partial charge < -0.3 is 5.48 Å². The second kappa shape index (κ2) is 8.08. The second-order valence-corrected chi connectivity index (χ2v) is 2.21. The first-order chi connectivity index (χ1) is 4.39. The predicted molar refractivity (Wildman–Crippen MR) is 38.8 cm³/mol. The normalized spacial score (nSPS) is 6.30. The van der Waals surface area contributed by atoms with Crippen LogP contribution >= 0.6 is 15.9 Å². The molecule has 0 heterocycles. The van der Waals surface area contributed by atoms with Crippen molar-refractivity contribution < 1.29 is 10.9 Å². The van der Waals surface area contributed by atoms with Gasteiger partial charge in [-0.25, -0.2) is 0 Å². The number of hydrogen-bond donors (Lipinski definition) is 1. The van der Waals surface area contributed by atoms with Gasteiger partial charge in [0, 0.05) is 4.47 Å². The van der Waals surface area contributed by atoms with Gasteiger partial charge in [0.2, 0.25) is 5.39 Å². The molecule has 0 aliphatic heterocycles. The molecular weight excluding hydrogens is 196 g/mol. The van der Waals surface area contributed by atoms with Gasteiger partial charge in [0.25, 0.3) is 0 Å². The number of benzene rings is 1. The van der Waals surface area contributed by atoms with Crippen molar-refractivity contribution in [3.8, 4) is 0 Å². The van der Waals surface area contributed by atoms with E-state index in [-0.39, 0.29) is 5.48 Å². The van der Waals surface area contributed by atoms with Crippen LogP contribution < -0.4 is 5.39 Å². The molecule has 0 atom stereocenters. The minimum absolute atomic E-state index is 0. The summed E-state index contributed by atoms with van der Waals surface area (Å²) in [6, 6.07) is 9.97. The van der Waals surface area contributed by atoms with Crippen LogP contribution in [0.3, 0.4) is 0 Å². The zero-order valence-electron chi connectivity index (χ0n) is 5.16. The summed E-state index contributed by atoms with van der Waals surface area (Å²) in [5.74, 6) is 0. The van der Waals surface area contributed by atoms with Crippen LogP contribution in [0.1, 0.15) is 0 Å². The first kappa shape index (κ1) is 11.8. The third kappa shape index (κ3) is 5.22. The summed E-state index contributed by atoms with van der Waals surface area (Å²) in [5.41, 5.74) is 0. The van der Waals surface area contributed by atoms with E-state index < -0.39 is 0 Å². The molecule has 0 saturated carbocycles. The second-order valence-electron chi connectivity index (χ2n) is 1.30. The lowest BCUT2D eigenvalue weighted by Gasteiger charge is -1.80. The van der Waals surface area contributed by atoms with Crippen molar-refractivity contribution in [1.82, 2.24) is 0 Å². The maximum Gasteiger partial charge on any atom is 0.212 e. The van der Waals surface area contributed by atoms with E-state index in [0.717, 1.165) is 4.47 Å². The lowest BCUT2D eigenvalue weighted by Crippen LogP contribution is -2.11. The van der Waals surface area contributed by atoms with Crippen LogP contribution in [0.25, 0.3) is 0 Å². The van der Waals surface area contributed by atoms with Crippen molar-refractivity contribution in [2.45, 2.75) is 0 Å². The van der Waals surface area contributed by atoms with E-state index in [9.17, 15) is 0 Å². The third-order valence-corrected chi connectivity index (χ3v) is 1.26. The Morgan fingerprint density at radius 1 is 1.10 bits per heavy atom. The van der Waals surface area contributed by atoms with Gasteiger partial charge in [-0.1, -0.05) is 34.1 Å². The Bertz CT molecular complexity index is 176. The van der Waals surface area contributed by atoms with Crippen LogP contribution in [0.15, 0.2) is 34.8 Å². The predicted octanol–water partition coefficient (Wildman–Crippen LogP) is 0.552. The summed E-state index contributed by atoms with van der Waals surface area (Å²) in [7, 11) is 0. The molecule has 0 aliphatic carbocycles. The number of nitrogens with zero attached hydrogens (tertiary/aromatic N) is 1. The summed E-state index contributed by atoms with van der Waals surface area (Å²) in [6.45, 7) is 0. The highest BCUT2D eigenvalue weighted by Crippen LogP contribution is 2.05. The molecule has 10 heavy (non-hydrogen) atoms. The van der Waals surface area contributed by atoms with Crippen molar-refractivity contribution in [2.24, 2.45) is 0 Å². The Balaban J connectivity index is 0. The van der Waals surface area contributed by atoms with Gasteiger partial charge in [-0.15, -0.1) is 0 Å².